The van der Waals surface area contributed by atoms with Gasteiger partial charge in [0, 0.05) is 18.7 Å². The summed E-state index contributed by atoms with van der Waals surface area (Å²) in [6.07, 6.45) is 1.78. The molecule has 0 amide bonds. The Morgan fingerprint density at radius 3 is 2.35 bits per heavy atom. The third-order valence-electron chi connectivity index (χ3n) is 5.22. The summed E-state index contributed by atoms with van der Waals surface area (Å²) < 4.78 is 11.4. The number of anilines is 3. The topological polar surface area (TPSA) is 116 Å². The van der Waals surface area contributed by atoms with Crippen molar-refractivity contribution >= 4 is 17.6 Å². The fraction of sp³-hybridized carbons (Fsp3) is 0.227. The standard InChI is InChI=1S/C22H21N7O2/c1-29(15-8-4-2-5-9-15)22-26-18(25-21(23)27-22)19-24-20(31-28-19)14-12-17(13-14)30-16-10-6-3-7-11-16/h2-11,14,17H,12-13H2,1H3,(H2,23,25,26,27). The number of nitrogens with zero attached hydrogens (tertiary/aromatic N) is 6. The SMILES string of the molecule is CN(c1ccccc1)c1nc(N)nc(-c2noc(C3CC(Oc4ccccc4)C3)n2)n1. The zero-order valence-electron chi connectivity index (χ0n) is 16.9. The summed E-state index contributed by atoms with van der Waals surface area (Å²) in [5.74, 6) is 2.64. The van der Waals surface area contributed by atoms with Gasteiger partial charge in [-0.2, -0.15) is 19.9 Å². The summed E-state index contributed by atoms with van der Waals surface area (Å²) >= 11 is 0. The van der Waals surface area contributed by atoms with Crippen LogP contribution in [0, 0.1) is 0 Å². The molecule has 0 aliphatic heterocycles. The summed E-state index contributed by atoms with van der Waals surface area (Å²) in [6.45, 7) is 0. The highest BCUT2D eigenvalue weighted by Crippen LogP contribution is 2.38. The van der Waals surface area contributed by atoms with Crippen LogP contribution in [0.1, 0.15) is 24.7 Å². The molecule has 0 atom stereocenters. The van der Waals surface area contributed by atoms with E-state index in [2.05, 4.69) is 25.1 Å². The van der Waals surface area contributed by atoms with E-state index in [4.69, 9.17) is 15.0 Å². The Morgan fingerprint density at radius 2 is 1.61 bits per heavy atom. The molecule has 31 heavy (non-hydrogen) atoms. The quantitative estimate of drug-likeness (QED) is 0.504. The molecule has 9 nitrogen and oxygen atoms in total. The molecule has 156 valence electrons. The number of hydrogen-bond acceptors (Lipinski definition) is 9. The molecule has 1 aliphatic rings. The first-order valence-corrected chi connectivity index (χ1v) is 10.0. The second-order valence-corrected chi connectivity index (χ2v) is 7.39. The molecule has 2 N–H and O–H groups in total. The number of hydrogen-bond donors (Lipinski definition) is 1. The zero-order valence-corrected chi connectivity index (χ0v) is 16.9. The van der Waals surface area contributed by atoms with Crippen LogP contribution in [0.4, 0.5) is 17.6 Å². The van der Waals surface area contributed by atoms with E-state index < -0.39 is 0 Å². The van der Waals surface area contributed by atoms with E-state index in [1.165, 1.54) is 0 Å². The smallest absolute Gasteiger partial charge is 0.240 e. The highest BCUT2D eigenvalue weighted by molar-refractivity contribution is 5.58. The molecule has 0 unspecified atom stereocenters. The minimum Gasteiger partial charge on any atom is -0.490 e. The number of aromatic nitrogens is 5. The Hall–Kier alpha value is -4.01. The van der Waals surface area contributed by atoms with Crippen LogP contribution < -0.4 is 15.4 Å². The van der Waals surface area contributed by atoms with Gasteiger partial charge in [0.25, 0.3) is 0 Å². The van der Waals surface area contributed by atoms with Gasteiger partial charge in [-0.25, -0.2) is 0 Å². The predicted molar refractivity (Wildman–Crippen MR) is 115 cm³/mol. The number of benzene rings is 2. The minimum absolute atomic E-state index is 0.0918. The van der Waals surface area contributed by atoms with Gasteiger partial charge in [-0.1, -0.05) is 41.6 Å². The van der Waals surface area contributed by atoms with Gasteiger partial charge in [-0.3, -0.25) is 0 Å². The lowest BCUT2D eigenvalue weighted by atomic mass is 9.82. The average Bonchev–Trinajstić information content (AvgIpc) is 3.26. The van der Waals surface area contributed by atoms with E-state index in [0.717, 1.165) is 24.3 Å². The largest absolute Gasteiger partial charge is 0.490 e. The molecule has 2 heterocycles. The van der Waals surface area contributed by atoms with E-state index in [-0.39, 0.29) is 23.8 Å². The fourth-order valence-corrected chi connectivity index (χ4v) is 3.44. The predicted octanol–water partition coefficient (Wildman–Crippen LogP) is 3.60. The fourth-order valence-electron chi connectivity index (χ4n) is 3.44. The first-order valence-electron chi connectivity index (χ1n) is 10.0. The maximum Gasteiger partial charge on any atom is 0.240 e. The number of para-hydroxylation sites is 2. The summed E-state index contributed by atoms with van der Waals surface area (Å²) in [5.41, 5.74) is 6.84. The molecule has 5 rings (SSSR count). The Labute approximate surface area is 178 Å². The Morgan fingerprint density at radius 1 is 0.903 bits per heavy atom. The molecule has 9 heteroatoms. The number of nitrogens with two attached hydrogens (primary N) is 1. The molecular formula is C22H21N7O2. The van der Waals surface area contributed by atoms with Crippen molar-refractivity contribution < 1.29 is 9.26 Å². The van der Waals surface area contributed by atoms with Crippen LogP contribution in [-0.2, 0) is 0 Å². The lowest BCUT2D eigenvalue weighted by molar-refractivity contribution is 0.0847. The normalized spacial score (nSPS) is 17.7. The van der Waals surface area contributed by atoms with Crippen molar-refractivity contribution in [2.24, 2.45) is 0 Å². The van der Waals surface area contributed by atoms with Crippen LogP contribution in [0.5, 0.6) is 5.75 Å². The van der Waals surface area contributed by atoms with Gasteiger partial charge in [0.2, 0.25) is 29.4 Å². The molecule has 2 aromatic carbocycles. The second kappa shape index (κ2) is 8.02. The molecule has 4 aromatic rings. The van der Waals surface area contributed by atoms with Crippen molar-refractivity contribution in [1.82, 2.24) is 25.1 Å². The number of rotatable bonds is 6. The summed E-state index contributed by atoms with van der Waals surface area (Å²) in [4.78, 5) is 19.2. The van der Waals surface area contributed by atoms with Crippen molar-refractivity contribution in [2.75, 3.05) is 17.7 Å². The molecular weight excluding hydrogens is 394 g/mol. The molecule has 1 fully saturated rings. The summed E-state index contributed by atoms with van der Waals surface area (Å²) in [7, 11) is 1.86. The second-order valence-electron chi connectivity index (χ2n) is 7.39. The highest BCUT2D eigenvalue weighted by Gasteiger charge is 2.36. The molecule has 1 saturated carbocycles. The van der Waals surface area contributed by atoms with Crippen molar-refractivity contribution in [2.45, 2.75) is 24.9 Å². The zero-order chi connectivity index (χ0) is 21.2. The third kappa shape index (κ3) is 4.02. The average molecular weight is 415 g/mol. The van der Waals surface area contributed by atoms with E-state index >= 15 is 0 Å². The van der Waals surface area contributed by atoms with Crippen LogP contribution in [0.25, 0.3) is 11.6 Å². The molecule has 2 aromatic heterocycles. The van der Waals surface area contributed by atoms with E-state index in [9.17, 15) is 0 Å². The van der Waals surface area contributed by atoms with Gasteiger partial charge in [0.1, 0.15) is 11.9 Å². The maximum absolute atomic E-state index is 5.95. The van der Waals surface area contributed by atoms with Crippen LogP contribution >= 0.6 is 0 Å². The van der Waals surface area contributed by atoms with Gasteiger partial charge in [0.15, 0.2) is 0 Å². The van der Waals surface area contributed by atoms with Crippen molar-refractivity contribution in [3.8, 4) is 17.4 Å². The van der Waals surface area contributed by atoms with E-state index in [1.807, 2.05) is 72.6 Å². The monoisotopic (exact) mass is 415 g/mol. The molecule has 0 bridgehead atoms. The first-order chi connectivity index (χ1) is 15.2. The van der Waals surface area contributed by atoms with Gasteiger partial charge < -0.3 is 19.9 Å². The molecule has 1 aliphatic carbocycles. The molecule has 0 spiro atoms. The molecule has 0 saturated heterocycles. The molecule has 0 radical (unpaired) electrons. The summed E-state index contributed by atoms with van der Waals surface area (Å²) in [5, 5.41) is 4.06. The summed E-state index contributed by atoms with van der Waals surface area (Å²) in [6, 6.07) is 19.5. The van der Waals surface area contributed by atoms with Gasteiger partial charge in [-0.15, -0.1) is 0 Å². The third-order valence-corrected chi connectivity index (χ3v) is 5.22. The van der Waals surface area contributed by atoms with Crippen LogP contribution in [-0.4, -0.2) is 38.2 Å². The number of ether oxygens (including phenoxy) is 1. The van der Waals surface area contributed by atoms with Crippen molar-refractivity contribution in [3.63, 3.8) is 0 Å². The van der Waals surface area contributed by atoms with E-state index in [0.29, 0.717) is 17.7 Å². The lowest BCUT2D eigenvalue weighted by Gasteiger charge is -2.32. The van der Waals surface area contributed by atoms with Gasteiger partial charge >= 0.3 is 0 Å². The maximum atomic E-state index is 5.95. The van der Waals surface area contributed by atoms with E-state index in [1.54, 1.807) is 0 Å². The van der Waals surface area contributed by atoms with Crippen LogP contribution in [0.15, 0.2) is 65.2 Å². The Kier molecular flexibility index (Phi) is 4.91. The van der Waals surface area contributed by atoms with Crippen molar-refractivity contribution in [1.29, 1.82) is 0 Å². The van der Waals surface area contributed by atoms with Crippen LogP contribution in [0.3, 0.4) is 0 Å². The Balaban J connectivity index is 1.29. The lowest BCUT2D eigenvalue weighted by Crippen LogP contribution is -2.32. The number of nitrogen functional groups attached to an aromatic ring is 1. The first kappa shape index (κ1) is 19.0. The highest BCUT2D eigenvalue weighted by atomic mass is 16.5. The van der Waals surface area contributed by atoms with Gasteiger partial charge in [0.05, 0.1) is 0 Å². The van der Waals surface area contributed by atoms with Crippen LogP contribution in [0.2, 0.25) is 0 Å². The Bertz CT molecular complexity index is 1160. The van der Waals surface area contributed by atoms with Gasteiger partial charge in [-0.05, 0) is 37.1 Å². The van der Waals surface area contributed by atoms with Crippen molar-refractivity contribution in [3.05, 3.63) is 66.6 Å². The minimum atomic E-state index is 0.0918.